The first kappa shape index (κ1) is 17.0. The summed E-state index contributed by atoms with van der Waals surface area (Å²) in [7, 11) is 0. The Morgan fingerprint density at radius 1 is 1.12 bits per heavy atom. The van der Waals surface area contributed by atoms with Gasteiger partial charge in [0.1, 0.15) is 5.82 Å². The van der Waals surface area contributed by atoms with Crippen LogP contribution in [0.25, 0.3) is 0 Å². The van der Waals surface area contributed by atoms with Gasteiger partial charge < -0.3 is 9.47 Å². The number of aryl methyl sites for hydroxylation is 2. The molecule has 2 saturated heterocycles. The second-order valence-electron chi connectivity index (χ2n) is 7.38. The van der Waals surface area contributed by atoms with E-state index >= 15 is 0 Å². The molecule has 0 bridgehead atoms. The molecule has 2 aliphatic rings. The number of hydrogen-bond acceptors (Lipinski definition) is 5. The number of rotatable bonds is 6. The van der Waals surface area contributed by atoms with Gasteiger partial charge in [0, 0.05) is 55.7 Å². The number of likely N-dealkylation sites (tertiary alicyclic amines) is 1. The number of aromatic nitrogens is 3. The van der Waals surface area contributed by atoms with Crippen LogP contribution < -0.4 is 4.90 Å². The van der Waals surface area contributed by atoms with Crippen LogP contribution in [0.5, 0.6) is 0 Å². The molecule has 2 aromatic rings. The lowest BCUT2D eigenvalue weighted by Gasteiger charge is -2.35. The molecule has 0 saturated carbocycles. The molecule has 25 heavy (non-hydrogen) atoms. The van der Waals surface area contributed by atoms with Crippen molar-refractivity contribution in [2.24, 2.45) is 0 Å². The lowest BCUT2D eigenvalue weighted by molar-refractivity contribution is 0.129. The zero-order valence-corrected chi connectivity index (χ0v) is 16.0. The molecule has 0 amide bonds. The number of hydrogen-bond donors (Lipinski definition) is 0. The first-order chi connectivity index (χ1) is 12.3. The molecule has 4 rings (SSSR count). The molecule has 0 N–H and O–H groups in total. The summed E-state index contributed by atoms with van der Waals surface area (Å²) in [6, 6.07) is 0.688. The van der Waals surface area contributed by atoms with Crippen molar-refractivity contribution in [2.75, 3.05) is 24.5 Å². The first-order valence-electron chi connectivity index (χ1n) is 9.71. The van der Waals surface area contributed by atoms with Crippen LogP contribution in [0.2, 0.25) is 0 Å². The molecule has 6 heteroatoms. The third-order valence-corrected chi connectivity index (χ3v) is 6.70. The molecule has 4 heterocycles. The van der Waals surface area contributed by atoms with Crippen molar-refractivity contribution < 1.29 is 0 Å². The maximum Gasteiger partial charge on any atom is 0.185 e. The summed E-state index contributed by atoms with van der Waals surface area (Å²) in [6.07, 6.45) is 14.0. The summed E-state index contributed by atoms with van der Waals surface area (Å²) in [5.41, 5.74) is 0. The minimum Gasteiger partial charge on any atom is -0.348 e. The minimum atomic E-state index is 0.688. The average molecular weight is 360 g/mol. The van der Waals surface area contributed by atoms with E-state index in [2.05, 4.69) is 38.7 Å². The van der Waals surface area contributed by atoms with E-state index in [1.54, 1.807) is 0 Å². The molecule has 5 nitrogen and oxygen atoms in total. The van der Waals surface area contributed by atoms with Crippen LogP contribution in [0.15, 0.2) is 18.6 Å². The van der Waals surface area contributed by atoms with Crippen molar-refractivity contribution in [1.29, 1.82) is 0 Å². The van der Waals surface area contributed by atoms with Crippen molar-refractivity contribution in [1.82, 2.24) is 19.4 Å². The Morgan fingerprint density at radius 2 is 1.96 bits per heavy atom. The third-order valence-electron chi connectivity index (χ3n) is 5.65. The van der Waals surface area contributed by atoms with Crippen LogP contribution in [0.3, 0.4) is 0 Å². The van der Waals surface area contributed by atoms with Crippen LogP contribution in [-0.4, -0.2) is 45.1 Å². The normalized spacial score (nSPS) is 22.0. The lowest BCUT2D eigenvalue weighted by Crippen LogP contribution is -2.39. The average Bonchev–Trinajstić information content (AvgIpc) is 3.36. The van der Waals surface area contributed by atoms with Gasteiger partial charge in [-0.25, -0.2) is 9.97 Å². The molecule has 2 fully saturated rings. The van der Waals surface area contributed by atoms with Crippen molar-refractivity contribution in [3.8, 4) is 0 Å². The Bertz CT molecular complexity index is 673. The highest BCUT2D eigenvalue weighted by Crippen LogP contribution is 2.29. The van der Waals surface area contributed by atoms with Gasteiger partial charge in [-0.15, -0.1) is 11.3 Å². The number of imidazole rings is 1. The van der Waals surface area contributed by atoms with Crippen molar-refractivity contribution >= 4 is 16.5 Å². The summed E-state index contributed by atoms with van der Waals surface area (Å²) in [5.74, 6) is 1.13. The minimum absolute atomic E-state index is 0.688. The van der Waals surface area contributed by atoms with E-state index in [-0.39, 0.29) is 0 Å². The number of anilines is 1. The van der Waals surface area contributed by atoms with Gasteiger partial charge in [-0.2, -0.15) is 0 Å². The fourth-order valence-electron chi connectivity index (χ4n) is 4.15. The fraction of sp³-hybridized carbons (Fsp3) is 0.684. The van der Waals surface area contributed by atoms with Gasteiger partial charge in [0.05, 0.1) is 0 Å². The number of piperidine rings is 1. The smallest absolute Gasteiger partial charge is 0.185 e. The number of nitrogens with zero attached hydrogens (tertiary/aromatic N) is 5. The van der Waals surface area contributed by atoms with Gasteiger partial charge in [0.25, 0.3) is 0 Å². The zero-order valence-electron chi connectivity index (χ0n) is 15.2. The van der Waals surface area contributed by atoms with Crippen molar-refractivity contribution in [3.63, 3.8) is 0 Å². The molecule has 0 spiro atoms. The largest absolute Gasteiger partial charge is 0.348 e. The predicted molar refractivity (Wildman–Crippen MR) is 103 cm³/mol. The Labute approximate surface area is 154 Å². The van der Waals surface area contributed by atoms with Gasteiger partial charge in [-0.05, 0) is 45.6 Å². The second-order valence-corrected chi connectivity index (χ2v) is 8.47. The Kier molecular flexibility index (Phi) is 5.36. The van der Waals surface area contributed by atoms with E-state index in [9.17, 15) is 0 Å². The first-order valence-corrected chi connectivity index (χ1v) is 10.5. The monoisotopic (exact) mass is 359 g/mol. The van der Waals surface area contributed by atoms with Gasteiger partial charge >= 0.3 is 0 Å². The quantitative estimate of drug-likeness (QED) is 0.788. The van der Waals surface area contributed by atoms with Gasteiger partial charge in [-0.3, -0.25) is 4.90 Å². The molecular formula is C19H29N5S. The highest BCUT2D eigenvalue weighted by atomic mass is 32.1. The van der Waals surface area contributed by atoms with Crippen LogP contribution >= 0.6 is 11.3 Å². The Morgan fingerprint density at radius 3 is 2.76 bits per heavy atom. The molecular weight excluding hydrogens is 330 g/mol. The second kappa shape index (κ2) is 7.87. The molecule has 0 radical (unpaired) electrons. The summed E-state index contributed by atoms with van der Waals surface area (Å²) in [4.78, 5) is 15.6. The molecule has 2 aromatic heterocycles. The molecule has 0 aromatic carbocycles. The van der Waals surface area contributed by atoms with E-state index in [4.69, 9.17) is 4.98 Å². The molecule has 1 atom stereocenters. The topological polar surface area (TPSA) is 37.2 Å². The SMILES string of the molecule is Cc1nccn1CCC1CCCCN1Cc1cnc(N2CCCC2)s1. The summed E-state index contributed by atoms with van der Waals surface area (Å²) in [5, 5.41) is 1.23. The summed E-state index contributed by atoms with van der Waals surface area (Å²) < 4.78 is 2.28. The Hall–Kier alpha value is -1.40. The molecule has 136 valence electrons. The van der Waals surface area contributed by atoms with Crippen LogP contribution in [0.4, 0.5) is 5.13 Å². The van der Waals surface area contributed by atoms with Gasteiger partial charge in [0.15, 0.2) is 5.13 Å². The highest BCUT2D eigenvalue weighted by Gasteiger charge is 2.24. The van der Waals surface area contributed by atoms with Crippen LogP contribution in [-0.2, 0) is 13.1 Å². The summed E-state index contributed by atoms with van der Waals surface area (Å²) in [6.45, 7) is 7.83. The van der Waals surface area contributed by atoms with E-state index in [1.807, 2.05) is 17.5 Å². The van der Waals surface area contributed by atoms with Crippen molar-refractivity contribution in [2.45, 2.75) is 64.6 Å². The highest BCUT2D eigenvalue weighted by molar-refractivity contribution is 7.15. The molecule has 1 unspecified atom stereocenters. The predicted octanol–water partition coefficient (Wildman–Crippen LogP) is 3.69. The molecule has 0 aliphatic carbocycles. The van der Waals surface area contributed by atoms with E-state index in [1.165, 1.54) is 68.2 Å². The van der Waals surface area contributed by atoms with Gasteiger partial charge in [0.2, 0.25) is 0 Å². The van der Waals surface area contributed by atoms with Crippen molar-refractivity contribution in [3.05, 3.63) is 29.3 Å². The maximum absolute atomic E-state index is 4.69. The lowest BCUT2D eigenvalue weighted by atomic mass is 9.99. The Balaban J connectivity index is 1.36. The van der Waals surface area contributed by atoms with E-state index in [0.29, 0.717) is 6.04 Å². The molecule has 2 aliphatic heterocycles. The van der Waals surface area contributed by atoms with Crippen LogP contribution in [0.1, 0.15) is 49.2 Å². The van der Waals surface area contributed by atoms with Crippen LogP contribution in [0, 0.1) is 6.92 Å². The third kappa shape index (κ3) is 4.06. The summed E-state index contributed by atoms with van der Waals surface area (Å²) >= 11 is 1.90. The maximum atomic E-state index is 4.69. The van der Waals surface area contributed by atoms with E-state index < -0.39 is 0 Å². The van der Waals surface area contributed by atoms with Gasteiger partial charge in [-0.1, -0.05) is 6.42 Å². The zero-order chi connectivity index (χ0) is 17.1. The standard InChI is InChI=1S/C19H29N5S/c1-16-20-8-13-22(16)12-7-17-6-2-3-11-24(17)15-18-14-21-19(25-18)23-9-4-5-10-23/h8,13-14,17H,2-7,9-12,15H2,1H3. The number of thiazole rings is 1. The van der Waals surface area contributed by atoms with E-state index in [0.717, 1.165) is 18.9 Å². The fourth-order valence-corrected chi connectivity index (χ4v) is 5.14.